The average molecular weight is 405 g/mol. The third-order valence-corrected chi connectivity index (χ3v) is 4.11. The molecule has 26 heavy (non-hydrogen) atoms. The number of nitrogens with zero attached hydrogens (tertiary/aromatic N) is 1. The lowest BCUT2D eigenvalue weighted by Gasteiger charge is -2.18. The van der Waals surface area contributed by atoms with Crippen LogP contribution in [-0.2, 0) is 11.0 Å². The van der Waals surface area contributed by atoms with Gasteiger partial charge >= 0.3 is 6.18 Å². The van der Waals surface area contributed by atoms with Crippen LogP contribution in [0.2, 0.25) is 10.0 Å². The summed E-state index contributed by atoms with van der Waals surface area (Å²) >= 11 is 11.6. The van der Waals surface area contributed by atoms with Crippen LogP contribution in [0.5, 0.6) is 0 Å². The zero-order valence-corrected chi connectivity index (χ0v) is 14.9. The van der Waals surface area contributed by atoms with Crippen LogP contribution in [-0.4, -0.2) is 30.3 Å². The number of alkyl halides is 3. The van der Waals surface area contributed by atoms with Gasteiger partial charge in [-0.1, -0.05) is 29.3 Å². The first kappa shape index (κ1) is 20.1. The van der Waals surface area contributed by atoms with Crippen molar-refractivity contribution in [2.24, 2.45) is 0 Å². The zero-order chi connectivity index (χ0) is 19.5. The number of anilines is 1. The van der Waals surface area contributed by atoms with Crippen molar-refractivity contribution in [2.75, 3.05) is 18.9 Å². The van der Waals surface area contributed by atoms with Crippen molar-refractivity contribution in [2.45, 2.75) is 6.18 Å². The van der Waals surface area contributed by atoms with Crippen LogP contribution in [0.4, 0.5) is 18.9 Å². The van der Waals surface area contributed by atoms with E-state index >= 15 is 0 Å². The van der Waals surface area contributed by atoms with E-state index in [1.807, 2.05) is 0 Å². The Morgan fingerprint density at radius 3 is 2.38 bits per heavy atom. The number of benzene rings is 2. The number of rotatable bonds is 4. The third kappa shape index (κ3) is 5.12. The number of halogens is 5. The molecule has 0 unspecified atom stereocenters. The van der Waals surface area contributed by atoms with Gasteiger partial charge in [0.1, 0.15) is 0 Å². The summed E-state index contributed by atoms with van der Waals surface area (Å²) in [7, 11) is 1.32. The molecule has 0 fully saturated rings. The molecule has 0 atom stereocenters. The summed E-state index contributed by atoms with van der Waals surface area (Å²) in [5.41, 5.74) is -0.717. The summed E-state index contributed by atoms with van der Waals surface area (Å²) in [4.78, 5) is 25.3. The number of carbonyl (C=O) groups excluding carboxylic acids is 2. The predicted molar refractivity (Wildman–Crippen MR) is 93.5 cm³/mol. The summed E-state index contributed by atoms with van der Waals surface area (Å²) in [5, 5.41) is 3.10. The molecule has 2 rings (SSSR count). The number of carbonyl (C=O) groups is 2. The van der Waals surface area contributed by atoms with Crippen LogP contribution in [0.3, 0.4) is 0 Å². The van der Waals surface area contributed by atoms with Gasteiger partial charge in [0.2, 0.25) is 5.91 Å². The Balaban J connectivity index is 2.04. The smallest absolute Gasteiger partial charge is 0.332 e. The highest BCUT2D eigenvalue weighted by molar-refractivity contribution is 6.42. The van der Waals surface area contributed by atoms with Crippen LogP contribution in [0.1, 0.15) is 15.9 Å². The second-order valence-corrected chi connectivity index (χ2v) is 6.23. The predicted octanol–water partition coefficient (Wildman–Crippen LogP) is 4.72. The molecule has 1 N–H and O–H groups in total. The summed E-state index contributed by atoms with van der Waals surface area (Å²) < 4.78 is 38.2. The first-order valence-electron chi connectivity index (χ1n) is 7.25. The van der Waals surface area contributed by atoms with Gasteiger partial charge in [-0.25, -0.2) is 0 Å². The van der Waals surface area contributed by atoms with Crippen molar-refractivity contribution in [1.29, 1.82) is 0 Å². The maximum Gasteiger partial charge on any atom is 0.416 e. The monoisotopic (exact) mass is 404 g/mol. The molecule has 0 saturated heterocycles. The fourth-order valence-electron chi connectivity index (χ4n) is 2.11. The van der Waals surface area contributed by atoms with Gasteiger partial charge in [0.25, 0.3) is 5.91 Å². The molecule has 0 bridgehead atoms. The first-order valence-corrected chi connectivity index (χ1v) is 8.01. The van der Waals surface area contributed by atoms with Gasteiger partial charge in [-0.3, -0.25) is 9.59 Å². The largest absolute Gasteiger partial charge is 0.416 e. The maximum absolute atomic E-state index is 12.7. The third-order valence-electron chi connectivity index (χ3n) is 3.37. The van der Waals surface area contributed by atoms with Gasteiger partial charge < -0.3 is 10.2 Å². The molecular weight excluding hydrogens is 392 g/mol. The SMILES string of the molecule is CN(CC(=O)Nc1ccc(Cl)c(Cl)c1)C(=O)c1cccc(C(F)(F)F)c1. The molecule has 0 spiro atoms. The lowest BCUT2D eigenvalue weighted by atomic mass is 10.1. The summed E-state index contributed by atoms with van der Waals surface area (Å²) in [6, 6.07) is 8.47. The van der Waals surface area contributed by atoms with Crippen molar-refractivity contribution in [3.63, 3.8) is 0 Å². The Bertz CT molecular complexity index is 841. The first-order chi connectivity index (χ1) is 12.1. The molecule has 0 aliphatic heterocycles. The highest BCUT2D eigenvalue weighted by Gasteiger charge is 2.31. The fraction of sp³-hybridized carbons (Fsp3) is 0.176. The molecular formula is C17H13Cl2F3N2O2. The summed E-state index contributed by atoms with van der Waals surface area (Å²) in [6.45, 7) is -0.352. The van der Waals surface area contributed by atoms with E-state index in [0.717, 1.165) is 23.1 Å². The number of hydrogen-bond donors (Lipinski definition) is 1. The second kappa shape index (κ2) is 7.97. The Hall–Kier alpha value is -2.25. The van der Waals surface area contributed by atoms with Crippen LogP contribution in [0, 0.1) is 0 Å². The molecule has 0 aromatic heterocycles. The van der Waals surface area contributed by atoms with Crippen LogP contribution >= 0.6 is 23.2 Å². The van der Waals surface area contributed by atoms with Gasteiger partial charge in [0.15, 0.2) is 0 Å². The van der Waals surface area contributed by atoms with E-state index in [1.54, 1.807) is 0 Å². The maximum atomic E-state index is 12.7. The number of likely N-dealkylation sites (N-methyl/N-ethyl adjacent to an activating group) is 1. The normalized spacial score (nSPS) is 11.2. The molecule has 2 aromatic carbocycles. The minimum atomic E-state index is -4.56. The van der Waals surface area contributed by atoms with Crippen molar-refractivity contribution in [3.05, 3.63) is 63.6 Å². The molecule has 138 valence electrons. The van der Waals surface area contributed by atoms with Crippen molar-refractivity contribution in [1.82, 2.24) is 4.90 Å². The zero-order valence-electron chi connectivity index (χ0n) is 13.4. The van der Waals surface area contributed by atoms with Gasteiger partial charge in [-0.05, 0) is 36.4 Å². The van der Waals surface area contributed by atoms with Crippen LogP contribution in [0.25, 0.3) is 0 Å². The topological polar surface area (TPSA) is 49.4 Å². The van der Waals surface area contributed by atoms with Gasteiger partial charge in [0.05, 0.1) is 22.2 Å². The molecule has 0 aliphatic rings. The van der Waals surface area contributed by atoms with Crippen molar-refractivity contribution >= 4 is 40.7 Å². The van der Waals surface area contributed by atoms with E-state index in [0.29, 0.717) is 10.7 Å². The molecule has 4 nitrogen and oxygen atoms in total. The Kier molecular flexibility index (Phi) is 6.15. The van der Waals surface area contributed by atoms with E-state index in [1.165, 1.54) is 31.3 Å². The molecule has 0 saturated carbocycles. The minimum absolute atomic E-state index is 0.162. The standard InChI is InChI=1S/C17H13Cl2F3N2O2/c1-24(9-15(25)23-12-5-6-13(18)14(19)8-12)16(26)10-3-2-4-11(7-10)17(20,21)22/h2-8H,9H2,1H3,(H,23,25). The summed E-state index contributed by atoms with van der Waals surface area (Å²) in [6.07, 6.45) is -4.56. The molecule has 0 heterocycles. The highest BCUT2D eigenvalue weighted by atomic mass is 35.5. The quantitative estimate of drug-likeness (QED) is 0.800. The average Bonchev–Trinajstić information content (AvgIpc) is 2.56. The molecule has 0 aliphatic carbocycles. The Morgan fingerprint density at radius 2 is 1.77 bits per heavy atom. The lowest BCUT2D eigenvalue weighted by molar-refractivity contribution is -0.137. The van der Waals surface area contributed by atoms with Gasteiger partial charge in [0, 0.05) is 18.3 Å². The van der Waals surface area contributed by atoms with E-state index < -0.39 is 23.6 Å². The molecule has 9 heteroatoms. The summed E-state index contributed by atoms with van der Waals surface area (Å²) in [5.74, 6) is -1.24. The van der Waals surface area contributed by atoms with E-state index in [9.17, 15) is 22.8 Å². The fourth-order valence-corrected chi connectivity index (χ4v) is 2.41. The van der Waals surface area contributed by atoms with Gasteiger partial charge in [-0.2, -0.15) is 13.2 Å². The van der Waals surface area contributed by atoms with Crippen LogP contribution < -0.4 is 5.32 Å². The van der Waals surface area contributed by atoms with E-state index in [2.05, 4.69) is 5.32 Å². The Morgan fingerprint density at radius 1 is 1.08 bits per heavy atom. The van der Waals surface area contributed by atoms with Crippen LogP contribution in [0.15, 0.2) is 42.5 Å². The molecule has 0 radical (unpaired) electrons. The number of hydrogen-bond acceptors (Lipinski definition) is 2. The van der Waals surface area contributed by atoms with Crippen molar-refractivity contribution in [3.8, 4) is 0 Å². The highest BCUT2D eigenvalue weighted by Crippen LogP contribution is 2.29. The second-order valence-electron chi connectivity index (χ2n) is 5.42. The number of amides is 2. The lowest BCUT2D eigenvalue weighted by Crippen LogP contribution is -2.35. The van der Waals surface area contributed by atoms with Crippen molar-refractivity contribution < 1.29 is 22.8 Å². The number of nitrogens with one attached hydrogen (secondary N) is 1. The Labute approximate surface area is 157 Å². The van der Waals surface area contributed by atoms with Gasteiger partial charge in [-0.15, -0.1) is 0 Å². The van der Waals surface area contributed by atoms with E-state index in [4.69, 9.17) is 23.2 Å². The minimum Gasteiger partial charge on any atom is -0.332 e. The molecule has 2 amide bonds. The van der Waals surface area contributed by atoms with E-state index in [-0.39, 0.29) is 17.1 Å². The molecule has 2 aromatic rings.